The van der Waals surface area contributed by atoms with Crippen LogP contribution in [0, 0.1) is 11.7 Å². The molecule has 1 N–H and O–H groups in total. The maximum Gasteiger partial charge on any atom is 0.322 e. The Kier molecular flexibility index (Phi) is 4.44. The second-order valence-electron chi connectivity index (χ2n) is 7.19. The van der Waals surface area contributed by atoms with E-state index in [9.17, 15) is 9.18 Å². The number of para-hydroxylation sites is 1. The predicted octanol–water partition coefficient (Wildman–Crippen LogP) is 5.36. The lowest BCUT2D eigenvalue weighted by Crippen LogP contribution is -2.39. The third-order valence-electron chi connectivity index (χ3n) is 5.00. The van der Waals surface area contributed by atoms with Gasteiger partial charge < -0.3 is 14.8 Å². The van der Waals surface area contributed by atoms with Gasteiger partial charge in [0.1, 0.15) is 5.82 Å². The van der Waals surface area contributed by atoms with E-state index in [4.69, 9.17) is 0 Å². The topological polar surface area (TPSA) is 37.3 Å². The number of nitrogens with one attached hydrogen (secondary N) is 1. The minimum absolute atomic E-state index is 0.0761. The molecule has 3 aromatic rings. The predicted molar refractivity (Wildman–Crippen MR) is 104 cm³/mol. The number of benzene rings is 2. The number of carbonyl (C=O) groups is 1. The summed E-state index contributed by atoms with van der Waals surface area (Å²) in [6.45, 7) is 4.75. The number of amides is 2. The number of hydrogen-bond acceptors (Lipinski definition) is 1. The molecule has 0 spiro atoms. The van der Waals surface area contributed by atoms with Crippen LogP contribution in [0.5, 0.6) is 0 Å². The number of halogens is 1. The molecule has 27 heavy (non-hydrogen) atoms. The summed E-state index contributed by atoms with van der Waals surface area (Å²) in [7, 11) is 0. The largest absolute Gasteiger partial charge is 0.322 e. The van der Waals surface area contributed by atoms with Crippen molar-refractivity contribution in [3.05, 3.63) is 83.9 Å². The van der Waals surface area contributed by atoms with Crippen molar-refractivity contribution in [1.29, 1.82) is 0 Å². The first-order valence-electron chi connectivity index (χ1n) is 9.13. The van der Waals surface area contributed by atoms with Crippen LogP contribution < -0.4 is 5.32 Å². The fraction of sp³-hybridized carbons (Fsp3) is 0.227. The molecule has 4 rings (SSSR count). The lowest BCUT2D eigenvalue weighted by Gasteiger charge is -2.33. The molecule has 1 aromatic heterocycles. The Hall–Kier alpha value is -3.08. The van der Waals surface area contributed by atoms with Crippen LogP contribution in [0.4, 0.5) is 14.9 Å². The summed E-state index contributed by atoms with van der Waals surface area (Å²) in [6, 6.07) is 17.8. The third kappa shape index (κ3) is 3.21. The average Bonchev–Trinajstić information content (AvgIpc) is 3.07. The van der Waals surface area contributed by atoms with E-state index >= 15 is 0 Å². The van der Waals surface area contributed by atoms with Crippen molar-refractivity contribution >= 4 is 11.7 Å². The first kappa shape index (κ1) is 17.3. The van der Waals surface area contributed by atoms with Crippen molar-refractivity contribution in [1.82, 2.24) is 9.47 Å². The van der Waals surface area contributed by atoms with Crippen LogP contribution in [0.2, 0.25) is 0 Å². The molecule has 2 heterocycles. The molecule has 0 aliphatic carbocycles. The van der Waals surface area contributed by atoms with Gasteiger partial charge in [-0.3, -0.25) is 0 Å². The highest BCUT2D eigenvalue weighted by molar-refractivity contribution is 5.89. The first-order valence-corrected chi connectivity index (χ1v) is 9.13. The van der Waals surface area contributed by atoms with Crippen LogP contribution in [0.3, 0.4) is 0 Å². The van der Waals surface area contributed by atoms with Crippen molar-refractivity contribution in [2.24, 2.45) is 5.92 Å². The van der Waals surface area contributed by atoms with E-state index in [2.05, 4.69) is 41.9 Å². The number of hydrogen-bond donors (Lipinski definition) is 1. The van der Waals surface area contributed by atoms with Gasteiger partial charge in [-0.2, -0.15) is 0 Å². The zero-order valence-electron chi connectivity index (χ0n) is 15.4. The zero-order valence-corrected chi connectivity index (χ0v) is 15.4. The van der Waals surface area contributed by atoms with Gasteiger partial charge >= 0.3 is 6.03 Å². The summed E-state index contributed by atoms with van der Waals surface area (Å²) in [6.07, 6.45) is 2.05. The normalized spacial score (nSPS) is 15.9. The Labute approximate surface area is 158 Å². The highest BCUT2D eigenvalue weighted by atomic mass is 19.1. The summed E-state index contributed by atoms with van der Waals surface area (Å²) in [5.74, 6) is -0.0958. The standard InChI is InChI=1S/C22H22FN3O/c1-15(2)21-20-8-5-13-25(20)19-7-4-3-6-16(19)14-26(21)22(27)24-18-11-9-17(23)10-12-18/h3-13,15,21H,14H2,1-2H3,(H,24,27). The smallest absolute Gasteiger partial charge is 0.318 e. The minimum atomic E-state index is -0.324. The summed E-state index contributed by atoms with van der Waals surface area (Å²) in [5, 5.41) is 2.92. The van der Waals surface area contributed by atoms with E-state index < -0.39 is 0 Å². The Morgan fingerprint density at radius 1 is 1.07 bits per heavy atom. The molecule has 1 unspecified atom stereocenters. The van der Waals surface area contributed by atoms with E-state index in [0.29, 0.717) is 12.2 Å². The van der Waals surface area contributed by atoms with Crippen LogP contribution in [0.15, 0.2) is 66.9 Å². The Morgan fingerprint density at radius 2 is 1.81 bits per heavy atom. The fourth-order valence-electron chi connectivity index (χ4n) is 3.80. The second-order valence-corrected chi connectivity index (χ2v) is 7.19. The molecule has 0 fully saturated rings. The van der Waals surface area contributed by atoms with Crippen LogP contribution in [-0.2, 0) is 6.54 Å². The van der Waals surface area contributed by atoms with E-state index in [0.717, 1.165) is 16.9 Å². The minimum Gasteiger partial charge on any atom is -0.318 e. The molecule has 0 saturated heterocycles. The number of nitrogens with zero attached hydrogens (tertiary/aromatic N) is 2. The van der Waals surface area contributed by atoms with E-state index in [1.165, 1.54) is 12.1 Å². The van der Waals surface area contributed by atoms with Crippen LogP contribution in [0.1, 0.15) is 31.1 Å². The van der Waals surface area contributed by atoms with Crippen molar-refractivity contribution in [3.8, 4) is 5.69 Å². The molecule has 138 valence electrons. The molecule has 4 nitrogen and oxygen atoms in total. The number of carbonyl (C=O) groups excluding carboxylic acids is 1. The van der Waals surface area contributed by atoms with Crippen molar-refractivity contribution in [2.75, 3.05) is 5.32 Å². The lowest BCUT2D eigenvalue weighted by molar-refractivity contribution is 0.162. The van der Waals surface area contributed by atoms with Gasteiger partial charge in [-0.05, 0) is 53.9 Å². The molecule has 2 aromatic carbocycles. The van der Waals surface area contributed by atoms with Gasteiger partial charge in [-0.1, -0.05) is 32.0 Å². The number of fused-ring (bicyclic) bond motifs is 3. The van der Waals surface area contributed by atoms with Gasteiger partial charge in [0, 0.05) is 17.6 Å². The fourth-order valence-corrected chi connectivity index (χ4v) is 3.80. The highest BCUT2D eigenvalue weighted by Gasteiger charge is 2.33. The van der Waals surface area contributed by atoms with Crippen molar-refractivity contribution in [3.63, 3.8) is 0 Å². The zero-order chi connectivity index (χ0) is 19.0. The van der Waals surface area contributed by atoms with Gasteiger partial charge in [0.2, 0.25) is 0 Å². The number of urea groups is 1. The summed E-state index contributed by atoms with van der Waals surface area (Å²) in [4.78, 5) is 15.0. The van der Waals surface area contributed by atoms with E-state index in [1.54, 1.807) is 12.1 Å². The van der Waals surface area contributed by atoms with Crippen LogP contribution in [-0.4, -0.2) is 15.5 Å². The highest BCUT2D eigenvalue weighted by Crippen LogP contribution is 2.36. The number of aromatic nitrogens is 1. The van der Waals surface area contributed by atoms with Gasteiger partial charge in [-0.15, -0.1) is 0 Å². The molecule has 1 aliphatic heterocycles. The number of rotatable bonds is 2. The molecule has 5 heteroatoms. The lowest BCUT2D eigenvalue weighted by atomic mass is 9.99. The van der Waals surface area contributed by atoms with Crippen molar-refractivity contribution in [2.45, 2.75) is 26.4 Å². The molecular weight excluding hydrogens is 341 g/mol. The van der Waals surface area contributed by atoms with Gasteiger partial charge in [0.15, 0.2) is 0 Å². The quantitative estimate of drug-likeness (QED) is 0.654. The Bertz CT molecular complexity index is 962. The number of anilines is 1. The van der Waals surface area contributed by atoms with Gasteiger partial charge in [0.25, 0.3) is 0 Å². The van der Waals surface area contributed by atoms with Crippen LogP contribution in [0.25, 0.3) is 5.69 Å². The van der Waals surface area contributed by atoms with Crippen LogP contribution >= 0.6 is 0 Å². The SMILES string of the molecule is CC(C)C1c2cccn2-c2ccccc2CN1C(=O)Nc1ccc(F)cc1. The summed E-state index contributed by atoms with van der Waals surface area (Å²) >= 11 is 0. The Morgan fingerprint density at radius 3 is 2.56 bits per heavy atom. The van der Waals surface area contributed by atoms with Crippen molar-refractivity contribution < 1.29 is 9.18 Å². The van der Waals surface area contributed by atoms with E-state index in [1.807, 2.05) is 29.3 Å². The molecular formula is C22H22FN3O. The average molecular weight is 363 g/mol. The summed E-state index contributed by atoms with van der Waals surface area (Å²) < 4.78 is 15.3. The summed E-state index contributed by atoms with van der Waals surface area (Å²) in [5.41, 5.74) is 3.86. The molecule has 2 amide bonds. The molecule has 0 bridgehead atoms. The van der Waals surface area contributed by atoms with Gasteiger partial charge in [0.05, 0.1) is 18.3 Å². The maximum absolute atomic E-state index is 13.2. The molecule has 0 saturated carbocycles. The maximum atomic E-state index is 13.2. The molecule has 1 atom stereocenters. The Balaban J connectivity index is 1.74. The molecule has 0 radical (unpaired) electrons. The van der Waals surface area contributed by atoms with E-state index in [-0.39, 0.29) is 23.8 Å². The molecule has 1 aliphatic rings. The first-order chi connectivity index (χ1) is 13.0. The monoisotopic (exact) mass is 363 g/mol. The third-order valence-corrected chi connectivity index (χ3v) is 5.00. The second kappa shape index (κ2) is 6.91. The van der Waals surface area contributed by atoms with Gasteiger partial charge in [-0.25, -0.2) is 9.18 Å².